The molecule has 0 bridgehead atoms. The lowest BCUT2D eigenvalue weighted by Crippen LogP contribution is -2.39. The highest BCUT2D eigenvalue weighted by Gasteiger charge is 2.31. The first-order valence-electron chi connectivity index (χ1n) is 4.57. The second-order valence-corrected chi connectivity index (χ2v) is 5.85. The van der Waals surface area contributed by atoms with Crippen LogP contribution in [0.2, 0.25) is 6.04 Å². The van der Waals surface area contributed by atoms with Gasteiger partial charge in [0, 0.05) is 13.7 Å². The van der Waals surface area contributed by atoms with Crippen molar-refractivity contribution in [3.63, 3.8) is 0 Å². The molecule has 0 radical (unpaired) electrons. The molecule has 0 aromatic heterocycles. The first kappa shape index (κ1) is 11.9. The van der Waals surface area contributed by atoms with E-state index in [1.165, 1.54) is 0 Å². The van der Waals surface area contributed by atoms with Gasteiger partial charge in [-0.1, -0.05) is 19.4 Å². The van der Waals surface area contributed by atoms with Crippen LogP contribution >= 0.6 is 0 Å². The Morgan fingerprint density at radius 3 is 2.33 bits per heavy atom. The molecule has 0 spiro atoms. The zero-order valence-corrected chi connectivity index (χ0v) is 9.59. The summed E-state index contributed by atoms with van der Waals surface area (Å²) in [6.07, 6.45) is 3.14. The fraction of sp³-hybridized carbons (Fsp3) is 0.778. The van der Waals surface area contributed by atoms with E-state index in [0.717, 1.165) is 19.1 Å². The average Bonchev–Trinajstić information content (AvgIpc) is 2.06. The molecule has 0 amide bonds. The summed E-state index contributed by atoms with van der Waals surface area (Å²) in [5.74, 6) is 0. The molecule has 1 atom stereocenters. The Morgan fingerprint density at radius 2 is 2.00 bits per heavy atom. The van der Waals surface area contributed by atoms with Crippen LogP contribution in [0.15, 0.2) is 11.8 Å². The Labute approximate surface area is 76.8 Å². The summed E-state index contributed by atoms with van der Waals surface area (Å²) in [5, 5.41) is 0. The van der Waals surface area contributed by atoms with Gasteiger partial charge in [0.15, 0.2) is 0 Å². The minimum Gasteiger partial charge on any atom is -0.395 e. The molecule has 12 heavy (non-hydrogen) atoms. The molecular formula is C9H20O2Si. The molecule has 0 rings (SSSR count). The molecule has 0 aliphatic carbocycles. The SMILES string of the molecule is CC=C[Si](CCC)(OC)OCC. The van der Waals surface area contributed by atoms with Crippen LogP contribution in [0.1, 0.15) is 27.2 Å². The number of rotatable bonds is 6. The topological polar surface area (TPSA) is 18.5 Å². The molecule has 0 heterocycles. The van der Waals surface area contributed by atoms with E-state index >= 15 is 0 Å². The molecule has 2 nitrogen and oxygen atoms in total. The van der Waals surface area contributed by atoms with Crippen molar-refractivity contribution in [1.29, 1.82) is 0 Å². The maximum atomic E-state index is 5.69. The molecule has 0 saturated heterocycles. The quantitative estimate of drug-likeness (QED) is 0.597. The van der Waals surface area contributed by atoms with Gasteiger partial charge in [-0.2, -0.15) is 0 Å². The van der Waals surface area contributed by atoms with E-state index in [-0.39, 0.29) is 0 Å². The van der Waals surface area contributed by atoms with Gasteiger partial charge in [0.1, 0.15) is 0 Å². The van der Waals surface area contributed by atoms with Gasteiger partial charge in [0.25, 0.3) is 0 Å². The first-order valence-corrected chi connectivity index (χ1v) is 6.67. The van der Waals surface area contributed by atoms with Gasteiger partial charge in [0.05, 0.1) is 0 Å². The second-order valence-electron chi connectivity index (χ2n) is 2.70. The van der Waals surface area contributed by atoms with Crippen molar-refractivity contribution in [2.45, 2.75) is 33.2 Å². The molecule has 72 valence electrons. The lowest BCUT2D eigenvalue weighted by atomic mass is 10.6. The third-order valence-corrected chi connectivity index (χ3v) is 5.26. The second kappa shape index (κ2) is 6.40. The van der Waals surface area contributed by atoms with Crippen molar-refractivity contribution >= 4 is 8.56 Å². The van der Waals surface area contributed by atoms with Gasteiger partial charge in [-0.05, 0) is 25.6 Å². The predicted molar refractivity (Wildman–Crippen MR) is 54.3 cm³/mol. The van der Waals surface area contributed by atoms with Gasteiger partial charge in [-0.3, -0.25) is 0 Å². The average molecular weight is 188 g/mol. The van der Waals surface area contributed by atoms with Crippen LogP contribution in [0.5, 0.6) is 0 Å². The molecule has 0 aromatic carbocycles. The fourth-order valence-corrected chi connectivity index (χ4v) is 3.84. The van der Waals surface area contributed by atoms with Crippen molar-refractivity contribution in [1.82, 2.24) is 0 Å². The summed E-state index contributed by atoms with van der Waals surface area (Å²) < 4.78 is 11.2. The number of hydrogen-bond donors (Lipinski definition) is 0. The van der Waals surface area contributed by atoms with Crippen LogP contribution in [0.3, 0.4) is 0 Å². The van der Waals surface area contributed by atoms with Crippen molar-refractivity contribution in [2.24, 2.45) is 0 Å². The van der Waals surface area contributed by atoms with E-state index in [4.69, 9.17) is 8.85 Å². The Morgan fingerprint density at radius 1 is 1.33 bits per heavy atom. The summed E-state index contributed by atoms with van der Waals surface area (Å²) in [7, 11) is -0.202. The van der Waals surface area contributed by atoms with Crippen LogP contribution in [0, 0.1) is 0 Å². The van der Waals surface area contributed by atoms with Gasteiger partial charge >= 0.3 is 8.56 Å². The third-order valence-electron chi connectivity index (χ3n) is 1.75. The van der Waals surface area contributed by atoms with Crippen LogP contribution < -0.4 is 0 Å². The Kier molecular flexibility index (Phi) is 6.33. The van der Waals surface area contributed by atoms with Crippen molar-refractivity contribution < 1.29 is 8.85 Å². The van der Waals surface area contributed by atoms with E-state index in [1.807, 2.05) is 19.9 Å². The lowest BCUT2D eigenvalue weighted by molar-refractivity contribution is 0.220. The van der Waals surface area contributed by atoms with E-state index in [0.29, 0.717) is 0 Å². The van der Waals surface area contributed by atoms with E-state index in [9.17, 15) is 0 Å². The monoisotopic (exact) mass is 188 g/mol. The summed E-state index contributed by atoms with van der Waals surface area (Å²) >= 11 is 0. The van der Waals surface area contributed by atoms with Gasteiger partial charge < -0.3 is 8.85 Å². The normalized spacial score (nSPS) is 16.7. The van der Waals surface area contributed by atoms with Crippen molar-refractivity contribution in [3.8, 4) is 0 Å². The molecule has 0 aliphatic heterocycles. The van der Waals surface area contributed by atoms with Crippen molar-refractivity contribution in [2.75, 3.05) is 13.7 Å². The lowest BCUT2D eigenvalue weighted by Gasteiger charge is -2.24. The Bertz CT molecular complexity index is 128. The third kappa shape index (κ3) is 3.52. The highest BCUT2D eigenvalue weighted by molar-refractivity contribution is 6.72. The molecule has 0 aromatic rings. The van der Waals surface area contributed by atoms with Crippen LogP contribution in [-0.4, -0.2) is 22.3 Å². The minimum absolute atomic E-state index is 0.740. The van der Waals surface area contributed by atoms with Crippen LogP contribution in [0.25, 0.3) is 0 Å². The maximum absolute atomic E-state index is 5.69. The molecule has 0 aliphatic rings. The molecular weight excluding hydrogens is 168 g/mol. The molecule has 0 N–H and O–H groups in total. The summed E-state index contributed by atoms with van der Waals surface area (Å²) in [6.45, 7) is 6.92. The summed E-state index contributed by atoms with van der Waals surface area (Å²) in [6, 6.07) is 1.04. The predicted octanol–water partition coefficient (Wildman–Crippen LogP) is 2.64. The van der Waals surface area contributed by atoms with E-state index < -0.39 is 8.56 Å². The van der Waals surface area contributed by atoms with Crippen molar-refractivity contribution in [3.05, 3.63) is 11.8 Å². The van der Waals surface area contributed by atoms with Gasteiger partial charge in [-0.25, -0.2) is 0 Å². The van der Waals surface area contributed by atoms with E-state index in [1.54, 1.807) is 7.11 Å². The van der Waals surface area contributed by atoms with Gasteiger partial charge in [-0.15, -0.1) is 0 Å². The number of hydrogen-bond acceptors (Lipinski definition) is 2. The van der Waals surface area contributed by atoms with Crippen LogP contribution in [-0.2, 0) is 8.85 Å². The molecule has 0 saturated carbocycles. The Hall–Kier alpha value is -0.123. The Balaban J connectivity index is 4.27. The highest BCUT2D eigenvalue weighted by Crippen LogP contribution is 2.16. The maximum Gasteiger partial charge on any atom is 0.364 e. The van der Waals surface area contributed by atoms with Crippen LogP contribution in [0.4, 0.5) is 0 Å². The molecule has 0 fully saturated rings. The summed E-state index contributed by atoms with van der Waals surface area (Å²) in [4.78, 5) is 0. The largest absolute Gasteiger partial charge is 0.395 e. The summed E-state index contributed by atoms with van der Waals surface area (Å²) in [5.41, 5.74) is 2.11. The number of allylic oxidation sites excluding steroid dienone is 1. The first-order chi connectivity index (χ1) is 5.74. The molecule has 1 unspecified atom stereocenters. The minimum atomic E-state index is -1.95. The highest BCUT2D eigenvalue weighted by atomic mass is 28.4. The zero-order chi connectivity index (χ0) is 9.45. The molecule has 3 heteroatoms. The smallest absolute Gasteiger partial charge is 0.364 e. The van der Waals surface area contributed by atoms with E-state index in [2.05, 4.69) is 12.6 Å². The standard InChI is InChI=1S/C9H20O2Si/c1-5-8-12(10-4,9-6-2)11-7-3/h5,8H,6-7,9H2,1-4H3. The van der Waals surface area contributed by atoms with Gasteiger partial charge in [0.2, 0.25) is 0 Å². The zero-order valence-electron chi connectivity index (χ0n) is 8.59. The fourth-order valence-electron chi connectivity index (χ4n) is 1.28.